The summed E-state index contributed by atoms with van der Waals surface area (Å²) in [5, 5.41) is 3.35. The molecular weight excluding hydrogens is 332 g/mol. The Balaban J connectivity index is 2.83. The van der Waals surface area contributed by atoms with E-state index in [0.717, 1.165) is 0 Å². The number of amides is 1. The van der Waals surface area contributed by atoms with E-state index < -0.39 is 6.10 Å². The summed E-state index contributed by atoms with van der Waals surface area (Å²) in [6.45, 7) is 7.39. The number of halogens is 2. The maximum atomic E-state index is 11.9. The molecule has 0 saturated carbocycles. The second-order valence-corrected chi connectivity index (χ2v) is 6.60. The van der Waals surface area contributed by atoms with E-state index in [9.17, 15) is 4.79 Å². The van der Waals surface area contributed by atoms with Crippen LogP contribution in [-0.4, -0.2) is 17.6 Å². The Bertz CT molecular complexity index is 463. The molecule has 0 aliphatic carbocycles. The topological polar surface area (TPSA) is 64.3 Å². The first kappa shape index (κ1) is 16.1. The highest BCUT2D eigenvalue weighted by Crippen LogP contribution is 2.35. The SMILES string of the molecule is CC(Oc1c(N)cc(Cl)cc1Br)C(=O)NC(C)(C)C. The maximum absolute atomic E-state index is 11.9. The third-order valence-electron chi connectivity index (χ3n) is 2.20. The summed E-state index contributed by atoms with van der Waals surface area (Å²) in [6, 6.07) is 3.25. The first-order valence-electron chi connectivity index (χ1n) is 5.83. The molecule has 0 fully saturated rings. The van der Waals surface area contributed by atoms with Crippen molar-refractivity contribution >= 4 is 39.1 Å². The van der Waals surface area contributed by atoms with Crippen LogP contribution in [0.3, 0.4) is 0 Å². The fourth-order valence-corrected chi connectivity index (χ4v) is 2.33. The molecule has 4 nitrogen and oxygen atoms in total. The molecule has 0 aromatic heterocycles. The van der Waals surface area contributed by atoms with Gasteiger partial charge in [0, 0.05) is 10.6 Å². The third kappa shape index (κ3) is 4.91. The van der Waals surface area contributed by atoms with Gasteiger partial charge in [-0.3, -0.25) is 4.79 Å². The van der Waals surface area contributed by atoms with E-state index in [4.69, 9.17) is 22.1 Å². The first-order valence-corrected chi connectivity index (χ1v) is 7.00. The zero-order valence-electron chi connectivity index (χ0n) is 11.4. The molecule has 1 atom stereocenters. The second-order valence-electron chi connectivity index (χ2n) is 5.31. The van der Waals surface area contributed by atoms with Crippen molar-refractivity contribution < 1.29 is 9.53 Å². The lowest BCUT2D eigenvalue weighted by Gasteiger charge is -2.24. The normalized spacial score (nSPS) is 12.9. The molecular formula is C13H18BrClN2O2. The van der Waals surface area contributed by atoms with Gasteiger partial charge in [0.1, 0.15) is 0 Å². The highest BCUT2D eigenvalue weighted by Gasteiger charge is 2.22. The zero-order chi connectivity index (χ0) is 14.8. The van der Waals surface area contributed by atoms with Crippen LogP contribution in [0.2, 0.25) is 5.02 Å². The summed E-state index contributed by atoms with van der Waals surface area (Å²) < 4.78 is 6.21. The number of nitrogen functional groups attached to an aromatic ring is 1. The molecule has 0 spiro atoms. The highest BCUT2D eigenvalue weighted by atomic mass is 79.9. The summed E-state index contributed by atoms with van der Waals surface area (Å²) >= 11 is 9.18. The van der Waals surface area contributed by atoms with Crippen molar-refractivity contribution in [2.75, 3.05) is 5.73 Å². The van der Waals surface area contributed by atoms with E-state index >= 15 is 0 Å². The van der Waals surface area contributed by atoms with Gasteiger partial charge in [0.15, 0.2) is 11.9 Å². The van der Waals surface area contributed by atoms with Crippen LogP contribution in [0.5, 0.6) is 5.75 Å². The minimum Gasteiger partial charge on any atom is -0.478 e. The van der Waals surface area contributed by atoms with Gasteiger partial charge in [-0.05, 0) is 55.8 Å². The van der Waals surface area contributed by atoms with E-state index in [0.29, 0.717) is 20.9 Å². The second kappa shape index (κ2) is 6.01. The molecule has 1 unspecified atom stereocenters. The van der Waals surface area contributed by atoms with Crippen molar-refractivity contribution in [3.05, 3.63) is 21.6 Å². The minimum absolute atomic E-state index is 0.200. The van der Waals surface area contributed by atoms with Gasteiger partial charge in [0.05, 0.1) is 10.2 Å². The monoisotopic (exact) mass is 348 g/mol. The Labute approximate surface area is 126 Å². The molecule has 1 aromatic carbocycles. The smallest absolute Gasteiger partial charge is 0.261 e. The molecule has 0 saturated heterocycles. The molecule has 0 radical (unpaired) electrons. The maximum Gasteiger partial charge on any atom is 0.261 e. The largest absolute Gasteiger partial charge is 0.478 e. The van der Waals surface area contributed by atoms with Crippen molar-refractivity contribution in [3.8, 4) is 5.75 Å². The highest BCUT2D eigenvalue weighted by molar-refractivity contribution is 9.10. The van der Waals surface area contributed by atoms with E-state index in [2.05, 4.69) is 21.2 Å². The van der Waals surface area contributed by atoms with E-state index in [1.807, 2.05) is 20.8 Å². The Morgan fingerprint density at radius 3 is 2.53 bits per heavy atom. The molecule has 6 heteroatoms. The van der Waals surface area contributed by atoms with Crippen molar-refractivity contribution in [2.24, 2.45) is 0 Å². The number of ether oxygens (including phenoxy) is 1. The van der Waals surface area contributed by atoms with Crippen molar-refractivity contribution in [1.82, 2.24) is 5.32 Å². The quantitative estimate of drug-likeness (QED) is 0.822. The minimum atomic E-state index is -0.654. The molecule has 3 N–H and O–H groups in total. The molecule has 0 aliphatic heterocycles. The number of anilines is 1. The van der Waals surface area contributed by atoms with Gasteiger partial charge in [-0.1, -0.05) is 11.6 Å². The predicted octanol–water partition coefficient (Wildman–Crippen LogP) is 3.37. The molecule has 1 rings (SSSR count). The van der Waals surface area contributed by atoms with E-state index in [1.165, 1.54) is 0 Å². The average molecular weight is 350 g/mol. The van der Waals surface area contributed by atoms with Crippen LogP contribution in [0.1, 0.15) is 27.7 Å². The third-order valence-corrected chi connectivity index (χ3v) is 3.01. The fourth-order valence-electron chi connectivity index (χ4n) is 1.41. The first-order chi connectivity index (χ1) is 8.60. The molecule has 0 bridgehead atoms. The number of benzene rings is 1. The molecule has 0 heterocycles. The van der Waals surface area contributed by atoms with Crippen LogP contribution in [0.15, 0.2) is 16.6 Å². The summed E-state index contributed by atoms with van der Waals surface area (Å²) in [5.74, 6) is 0.217. The Kier molecular flexibility index (Phi) is 5.10. The van der Waals surface area contributed by atoms with Gasteiger partial charge in [0.2, 0.25) is 0 Å². The average Bonchev–Trinajstić information content (AvgIpc) is 2.20. The molecule has 106 valence electrons. The van der Waals surface area contributed by atoms with Crippen molar-refractivity contribution in [1.29, 1.82) is 0 Å². The van der Waals surface area contributed by atoms with Gasteiger partial charge in [-0.2, -0.15) is 0 Å². The van der Waals surface area contributed by atoms with Gasteiger partial charge < -0.3 is 15.8 Å². The Morgan fingerprint density at radius 1 is 1.47 bits per heavy atom. The van der Waals surface area contributed by atoms with Gasteiger partial charge in [-0.15, -0.1) is 0 Å². The number of hydrogen-bond donors (Lipinski definition) is 2. The van der Waals surface area contributed by atoms with Crippen LogP contribution in [0.25, 0.3) is 0 Å². The zero-order valence-corrected chi connectivity index (χ0v) is 13.7. The Morgan fingerprint density at radius 2 is 2.05 bits per heavy atom. The number of carbonyl (C=O) groups is 1. The molecule has 0 aliphatic rings. The lowest BCUT2D eigenvalue weighted by Crippen LogP contribution is -2.46. The number of nitrogens with two attached hydrogens (primary N) is 1. The van der Waals surface area contributed by atoms with Gasteiger partial charge in [-0.25, -0.2) is 0 Å². The standard InChI is InChI=1S/C13H18BrClN2O2/c1-7(12(18)17-13(2,3)4)19-11-9(14)5-8(15)6-10(11)16/h5-7H,16H2,1-4H3,(H,17,18). The summed E-state index contributed by atoms with van der Waals surface area (Å²) in [5.41, 5.74) is 5.90. The molecule has 1 amide bonds. The number of nitrogens with one attached hydrogen (secondary N) is 1. The lowest BCUT2D eigenvalue weighted by atomic mass is 10.1. The molecule has 1 aromatic rings. The van der Waals surface area contributed by atoms with Crippen molar-refractivity contribution in [2.45, 2.75) is 39.3 Å². The molecule has 19 heavy (non-hydrogen) atoms. The van der Waals surface area contributed by atoms with Crippen molar-refractivity contribution in [3.63, 3.8) is 0 Å². The number of hydrogen-bond acceptors (Lipinski definition) is 3. The van der Waals surface area contributed by atoms with Crippen LogP contribution in [0, 0.1) is 0 Å². The van der Waals surface area contributed by atoms with Crippen LogP contribution >= 0.6 is 27.5 Å². The van der Waals surface area contributed by atoms with Crippen LogP contribution < -0.4 is 15.8 Å². The summed E-state index contributed by atoms with van der Waals surface area (Å²) in [6.07, 6.45) is -0.654. The van der Waals surface area contributed by atoms with Gasteiger partial charge >= 0.3 is 0 Å². The van der Waals surface area contributed by atoms with Crippen LogP contribution in [0.4, 0.5) is 5.69 Å². The van der Waals surface area contributed by atoms with E-state index in [1.54, 1.807) is 19.1 Å². The number of rotatable bonds is 3. The Hall–Kier alpha value is -0.940. The summed E-state index contributed by atoms with van der Waals surface area (Å²) in [4.78, 5) is 11.9. The fraction of sp³-hybridized carbons (Fsp3) is 0.462. The van der Waals surface area contributed by atoms with E-state index in [-0.39, 0.29) is 11.4 Å². The lowest BCUT2D eigenvalue weighted by molar-refractivity contribution is -0.128. The predicted molar refractivity (Wildman–Crippen MR) is 81.6 cm³/mol. The number of carbonyl (C=O) groups excluding carboxylic acids is 1. The van der Waals surface area contributed by atoms with Crippen LogP contribution in [-0.2, 0) is 4.79 Å². The van der Waals surface area contributed by atoms with Gasteiger partial charge in [0.25, 0.3) is 5.91 Å². The summed E-state index contributed by atoms with van der Waals surface area (Å²) in [7, 11) is 0.